The number of hydrogen-bond acceptors (Lipinski definition) is 4. The molecular formula is C7H5ClN2O3. The largest absolute Gasteiger partial charge is 0.411 e. The summed E-state index contributed by atoms with van der Waals surface area (Å²) in [6, 6.07) is 4.10. The van der Waals surface area contributed by atoms with Gasteiger partial charge in [0.25, 0.3) is 5.69 Å². The third kappa shape index (κ3) is 2.16. The second-order valence-corrected chi connectivity index (χ2v) is 2.62. The highest BCUT2D eigenvalue weighted by Crippen LogP contribution is 2.24. The van der Waals surface area contributed by atoms with Crippen molar-refractivity contribution in [3.05, 3.63) is 38.9 Å². The molecular weight excluding hydrogens is 196 g/mol. The third-order valence-corrected chi connectivity index (χ3v) is 1.69. The highest BCUT2D eigenvalue weighted by molar-refractivity contribution is 6.32. The topological polar surface area (TPSA) is 75.7 Å². The van der Waals surface area contributed by atoms with E-state index in [2.05, 4.69) is 5.16 Å². The Labute approximate surface area is 78.4 Å². The van der Waals surface area contributed by atoms with Gasteiger partial charge < -0.3 is 5.21 Å². The van der Waals surface area contributed by atoms with E-state index in [1.54, 1.807) is 0 Å². The number of oxime groups is 1. The first-order valence-corrected chi connectivity index (χ1v) is 3.64. The van der Waals surface area contributed by atoms with Crippen LogP contribution in [0, 0.1) is 10.1 Å². The molecule has 0 radical (unpaired) electrons. The first-order valence-electron chi connectivity index (χ1n) is 3.26. The average Bonchev–Trinajstić information content (AvgIpc) is 2.08. The van der Waals surface area contributed by atoms with Gasteiger partial charge in [0.2, 0.25) is 0 Å². The molecule has 0 spiro atoms. The molecule has 68 valence electrons. The van der Waals surface area contributed by atoms with Crippen molar-refractivity contribution >= 4 is 23.5 Å². The Morgan fingerprint density at radius 3 is 2.85 bits per heavy atom. The standard InChI is InChI=1S/C7H5ClN2O3/c8-6-2-1-5(4-9-11)3-7(6)10(12)13/h1-4,11H/b9-4-. The van der Waals surface area contributed by atoms with E-state index >= 15 is 0 Å². The van der Waals surface area contributed by atoms with Crippen LogP contribution in [0.4, 0.5) is 5.69 Å². The molecule has 0 fully saturated rings. The zero-order valence-electron chi connectivity index (χ0n) is 6.35. The van der Waals surface area contributed by atoms with E-state index in [1.807, 2.05) is 0 Å². The zero-order valence-corrected chi connectivity index (χ0v) is 7.10. The van der Waals surface area contributed by atoms with E-state index in [9.17, 15) is 10.1 Å². The van der Waals surface area contributed by atoms with Crippen LogP contribution in [-0.2, 0) is 0 Å². The Morgan fingerprint density at radius 2 is 2.31 bits per heavy atom. The van der Waals surface area contributed by atoms with Gasteiger partial charge in [-0.15, -0.1) is 0 Å². The van der Waals surface area contributed by atoms with Crippen LogP contribution < -0.4 is 0 Å². The van der Waals surface area contributed by atoms with Crippen molar-refractivity contribution in [2.24, 2.45) is 5.16 Å². The van der Waals surface area contributed by atoms with Crippen molar-refractivity contribution in [1.82, 2.24) is 0 Å². The van der Waals surface area contributed by atoms with Crippen LogP contribution in [0.5, 0.6) is 0 Å². The predicted octanol–water partition coefficient (Wildman–Crippen LogP) is 2.06. The maximum Gasteiger partial charge on any atom is 0.288 e. The molecule has 1 rings (SSSR count). The number of hydrogen-bond donors (Lipinski definition) is 1. The van der Waals surface area contributed by atoms with Gasteiger partial charge in [0, 0.05) is 11.6 Å². The number of nitrogens with zero attached hydrogens (tertiary/aromatic N) is 2. The van der Waals surface area contributed by atoms with Crippen LogP contribution in [0.25, 0.3) is 0 Å². The van der Waals surface area contributed by atoms with Crippen molar-refractivity contribution in [2.45, 2.75) is 0 Å². The second kappa shape index (κ2) is 3.86. The predicted molar refractivity (Wildman–Crippen MR) is 47.5 cm³/mol. The Kier molecular flexibility index (Phi) is 2.81. The summed E-state index contributed by atoms with van der Waals surface area (Å²) in [6.45, 7) is 0. The number of rotatable bonds is 2. The molecule has 0 aliphatic carbocycles. The molecule has 13 heavy (non-hydrogen) atoms. The summed E-state index contributed by atoms with van der Waals surface area (Å²) >= 11 is 5.54. The molecule has 0 saturated heterocycles. The van der Waals surface area contributed by atoms with Gasteiger partial charge in [-0.05, 0) is 6.07 Å². The molecule has 0 unspecified atom stereocenters. The molecule has 0 aliphatic rings. The Morgan fingerprint density at radius 1 is 1.62 bits per heavy atom. The molecule has 0 aromatic heterocycles. The van der Waals surface area contributed by atoms with Gasteiger partial charge in [0.1, 0.15) is 5.02 Å². The Bertz CT molecular complexity index is 365. The molecule has 0 saturated carbocycles. The highest BCUT2D eigenvalue weighted by Gasteiger charge is 2.11. The molecule has 6 heteroatoms. The lowest BCUT2D eigenvalue weighted by atomic mass is 10.2. The number of nitro groups is 1. The van der Waals surface area contributed by atoms with Crippen molar-refractivity contribution in [1.29, 1.82) is 0 Å². The van der Waals surface area contributed by atoms with Gasteiger partial charge in [0.05, 0.1) is 11.1 Å². The molecule has 0 aliphatic heterocycles. The summed E-state index contributed by atoms with van der Waals surface area (Å²) in [5.41, 5.74) is 0.206. The average molecular weight is 201 g/mol. The molecule has 1 aromatic carbocycles. The lowest BCUT2D eigenvalue weighted by Crippen LogP contribution is -1.91. The lowest BCUT2D eigenvalue weighted by Gasteiger charge is -1.95. The Hall–Kier alpha value is -1.62. The number of halogens is 1. The quantitative estimate of drug-likeness (QED) is 0.344. The van der Waals surface area contributed by atoms with E-state index in [4.69, 9.17) is 16.8 Å². The highest BCUT2D eigenvalue weighted by atomic mass is 35.5. The second-order valence-electron chi connectivity index (χ2n) is 2.21. The van der Waals surface area contributed by atoms with Gasteiger partial charge >= 0.3 is 0 Å². The summed E-state index contributed by atoms with van der Waals surface area (Å²) in [7, 11) is 0. The van der Waals surface area contributed by atoms with Gasteiger partial charge in [-0.1, -0.05) is 22.8 Å². The maximum atomic E-state index is 10.4. The fourth-order valence-corrected chi connectivity index (χ4v) is 1.00. The minimum atomic E-state index is -0.600. The van der Waals surface area contributed by atoms with E-state index in [-0.39, 0.29) is 10.7 Å². The molecule has 0 amide bonds. The van der Waals surface area contributed by atoms with Crippen molar-refractivity contribution in [3.63, 3.8) is 0 Å². The van der Waals surface area contributed by atoms with Crippen molar-refractivity contribution < 1.29 is 10.1 Å². The van der Waals surface area contributed by atoms with E-state index in [0.717, 1.165) is 6.21 Å². The fraction of sp³-hybridized carbons (Fsp3) is 0. The monoisotopic (exact) mass is 200 g/mol. The van der Waals surface area contributed by atoms with Crippen LogP contribution in [0.1, 0.15) is 5.56 Å². The maximum absolute atomic E-state index is 10.4. The molecule has 1 aromatic rings. The minimum Gasteiger partial charge on any atom is -0.411 e. The number of benzene rings is 1. The van der Waals surface area contributed by atoms with Crippen LogP contribution in [0.15, 0.2) is 23.4 Å². The third-order valence-electron chi connectivity index (χ3n) is 1.37. The smallest absolute Gasteiger partial charge is 0.288 e. The van der Waals surface area contributed by atoms with Crippen LogP contribution >= 0.6 is 11.6 Å². The number of nitro benzene ring substituents is 1. The lowest BCUT2D eigenvalue weighted by molar-refractivity contribution is -0.384. The molecule has 1 N–H and O–H groups in total. The normalized spacial score (nSPS) is 10.5. The first kappa shape index (κ1) is 9.47. The fourth-order valence-electron chi connectivity index (χ4n) is 0.817. The van der Waals surface area contributed by atoms with Gasteiger partial charge in [-0.25, -0.2) is 0 Å². The van der Waals surface area contributed by atoms with Crippen LogP contribution in [0.3, 0.4) is 0 Å². The summed E-state index contributed by atoms with van der Waals surface area (Å²) in [4.78, 5) is 9.79. The SMILES string of the molecule is O=[N+]([O-])c1cc(/C=N\O)ccc1Cl. The van der Waals surface area contributed by atoms with Crippen molar-refractivity contribution in [2.75, 3.05) is 0 Å². The minimum absolute atomic E-state index is 0.0556. The first-order chi connectivity index (χ1) is 6.15. The zero-order chi connectivity index (χ0) is 9.84. The summed E-state index contributed by atoms with van der Waals surface area (Å²) in [6.07, 6.45) is 1.09. The summed E-state index contributed by atoms with van der Waals surface area (Å²) in [5, 5.41) is 21.4. The molecule has 0 heterocycles. The summed E-state index contributed by atoms with van der Waals surface area (Å²) in [5.74, 6) is 0. The van der Waals surface area contributed by atoms with E-state index in [0.29, 0.717) is 5.56 Å². The van der Waals surface area contributed by atoms with Gasteiger partial charge in [0.15, 0.2) is 0 Å². The Balaban J connectivity index is 3.18. The van der Waals surface area contributed by atoms with Gasteiger partial charge in [-0.3, -0.25) is 10.1 Å². The van der Waals surface area contributed by atoms with Crippen LogP contribution in [0.2, 0.25) is 5.02 Å². The molecule has 5 nitrogen and oxygen atoms in total. The van der Waals surface area contributed by atoms with E-state index in [1.165, 1.54) is 18.2 Å². The van der Waals surface area contributed by atoms with Crippen LogP contribution in [-0.4, -0.2) is 16.3 Å². The van der Waals surface area contributed by atoms with E-state index < -0.39 is 4.92 Å². The molecule has 0 atom stereocenters. The van der Waals surface area contributed by atoms with Gasteiger partial charge in [-0.2, -0.15) is 0 Å². The summed E-state index contributed by atoms with van der Waals surface area (Å²) < 4.78 is 0. The molecule has 0 bridgehead atoms. The van der Waals surface area contributed by atoms with Crippen molar-refractivity contribution in [3.8, 4) is 0 Å².